The Morgan fingerprint density at radius 1 is 1.33 bits per heavy atom. The van der Waals surface area contributed by atoms with Crippen LogP contribution in [0.3, 0.4) is 0 Å². The highest BCUT2D eigenvalue weighted by molar-refractivity contribution is 7.13. The van der Waals surface area contributed by atoms with Gasteiger partial charge in [-0.05, 0) is 17.7 Å². The van der Waals surface area contributed by atoms with Gasteiger partial charge in [0.2, 0.25) is 5.91 Å². The molecule has 2 aromatic rings. The molecule has 0 radical (unpaired) electrons. The first kappa shape index (κ1) is 14.9. The molecule has 0 saturated carbocycles. The first-order valence-corrected chi connectivity index (χ1v) is 7.00. The third-order valence-corrected chi connectivity index (χ3v) is 3.33. The number of nitrogens with one attached hydrogen (secondary N) is 2. The van der Waals surface area contributed by atoms with Crippen LogP contribution < -0.4 is 10.6 Å². The Kier molecular flexibility index (Phi) is 5.22. The van der Waals surface area contributed by atoms with Crippen molar-refractivity contribution in [2.24, 2.45) is 0 Å². The number of amides is 2. The standard InChI is InChI=1S/C13H14N4O3S/c1-20-13(19)17-12-16-10(8-21-12)6-11(18)15-7-9-2-4-14-5-3-9/h2-5,8H,6-7H2,1H3,(H,15,18)(H,16,17,19). The van der Waals surface area contributed by atoms with Gasteiger partial charge in [0.15, 0.2) is 5.13 Å². The number of nitrogens with zero attached hydrogens (tertiary/aromatic N) is 2. The fourth-order valence-corrected chi connectivity index (χ4v) is 2.21. The fraction of sp³-hybridized carbons (Fsp3) is 0.231. The van der Waals surface area contributed by atoms with E-state index < -0.39 is 6.09 Å². The molecule has 2 heterocycles. The summed E-state index contributed by atoms with van der Waals surface area (Å²) < 4.78 is 4.46. The first-order chi connectivity index (χ1) is 10.2. The molecule has 0 bridgehead atoms. The lowest BCUT2D eigenvalue weighted by molar-refractivity contribution is -0.120. The summed E-state index contributed by atoms with van der Waals surface area (Å²) in [4.78, 5) is 30.9. The normalized spacial score (nSPS) is 9.95. The molecular weight excluding hydrogens is 292 g/mol. The maximum Gasteiger partial charge on any atom is 0.413 e. The van der Waals surface area contributed by atoms with Gasteiger partial charge in [-0.15, -0.1) is 11.3 Å². The van der Waals surface area contributed by atoms with Crippen LogP contribution in [0.5, 0.6) is 0 Å². The largest absolute Gasteiger partial charge is 0.453 e. The van der Waals surface area contributed by atoms with E-state index in [-0.39, 0.29) is 12.3 Å². The minimum absolute atomic E-state index is 0.137. The molecule has 21 heavy (non-hydrogen) atoms. The SMILES string of the molecule is COC(=O)Nc1nc(CC(=O)NCc2ccncc2)cs1. The number of rotatable bonds is 5. The summed E-state index contributed by atoms with van der Waals surface area (Å²) in [5.41, 5.74) is 1.57. The Morgan fingerprint density at radius 3 is 2.81 bits per heavy atom. The summed E-state index contributed by atoms with van der Waals surface area (Å²) in [7, 11) is 1.27. The van der Waals surface area contributed by atoms with E-state index in [1.165, 1.54) is 18.4 Å². The number of carbonyl (C=O) groups excluding carboxylic acids is 2. The third kappa shape index (κ3) is 4.84. The molecule has 0 spiro atoms. The molecule has 0 unspecified atom stereocenters. The quantitative estimate of drug-likeness (QED) is 0.874. The zero-order valence-electron chi connectivity index (χ0n) is 11.3. The Labute approximate surface area is 125 Å². The van der Waals surface area contributed by atoms with Crippen molar-refractivity contribution in [1.82, 2.24) is 15.3 Å². The number of thiazole rings is 1. The molecule has 0 aliphatic rings. The van der Waals surface area contributed by atoms with Crippen molar-refractivity contribution in [3.63, 3.8) is 0 Å². The molecule has 2 rings (SSSR count). The van der Waals surface area contributed by atoms with Gasteiger partial charge in [0, 0.05) is 24.3 Å². The average Bonchev–Trinajstić information content (AvgIpc) is 2.93. The number of carbonyl (C=O) groups is 2. The summed E-state index contributed by atoms with van der Waals surface area (Å²) >= 11 is 1.24. The van der Waals surface area contributed by atoms with Crippen molar-refractivity contribution < 1.29 is 14.3 Å². The third-order valence-electron chi connectivity index (χ3n) is 2.53. The minimum Gasteiger partial charge on any atom is -0.453 e. The van der Waals surface area contributed by atoms with E-state index in [9.17, 15) is 9.59 Å². The van der Waals surface area contributed by atoms with Crippen molar-refractivity contribution in [3.05, 3.63) is 41.2 Å². The first-order valence-electron chi connectivity index (χ1n) is 6.12. The van der Waals surface area contributed by atoms with Crippen molar-refractivity contribution in [1.29, 1.82) is 0 Å². The fourth-order valence-electron chi connectivity index (χ4n) is 1.51. The van der Waals surface area contributed by atoms with Crippen LogP contribution in [-0.4, -0.2) is 29.1 Å². The molecule has 0 aliphatic carbocycles. The van der Waals surface area contributed by atoms with Crippen molar-refractivity contribution in [3.8, 4) is 0 Å². The van der Waals surface area contributed by atoms with Gasteiger partial charge in [-0.3, -0.25) is 15.1 Å². The van der Waals surface area contributed by atoms with E-state index in [0.717, 1.165) is 5.56 Å². The van der Waals surface area contributed by atoms with Crippen LogP contribution in [0.25, 0.3) is 0 Å². The van der Waals surface area contributed by atoms with Gasteiger partial charge >= 0.3 is 6.09 Å². The van der Waals surface area contributed by atoms with Crippen LogP contribution in [0.2, 0.25) is 0 Å². The maximum absolute atomic E-state index is 11.8. The summed E-state index contributed by atoms with van der Waals surface area (Å²) in [6.07, 6.45) is 2.92. The molecule has 8 heteroatoms. The lowest BCUT2D eigenvalue weighted by Crippen LogP contribution is -2.24. The molecule has 2 aromatic heterocycles. The average molecular weight is 306 g/mol. The summed E-state index contributed by atoms with van der Waals surface area (Å²) in [6, 6.07) is 3.67. The van der Waals surface area contributed by atoms with Gasteiger partial charge in [0.1, 0.15) is 0 Å². The number of ether oxygens (including phenoxy) is 1. The number of hydrogen-bond donors (Lipinski definition) is 2. The number of pyridine rings is 1. The Morgan fingerprint density at radius 2 is 2.10 bits per heavy atom. The lowest BCUT2D eigenvalue weighted by atomic mass is 10.2. The van der Waals surface area contributed by atoms with E-state index in [4.69, 9.17) is 0 Å². The second-order valence-corrected chi connectivity index (χ2v) is 4.93. The Hall–Kier alpha value is -2.48. The highest BCUT2D eigenvalue weighted by atomic mass is 32.1. The molecule has 0 aliphatic heterocycles. The molecule has 0 aromatic carbocycles. The topological polar surface area (TPSA) is 93.2 Å². The summed E-state index contributed by atoms with van der Waals surface area (Å²) in [5.74, 6) is -0.137. The number of hydrogen-bond acceptors (Lipinski definition) is 6. The van der Waals surface area contributed by atoms with Crippen molar-refractivity contribution in [2.45, 2.75) is 13.0 Å². The van der Waals surface area contributed by atoms with E-state index >= 15 is 0 Å². The van der Waals surface area contributed by atoms with Crippen molar-refractivity contribution >= 4 is 28.5 Å². The smallest absolute Gasteiger partial charge is 0.413 e. The van der Waals surface area contributed by atoms with Gasteiger partial charge in [0.25, 0.3) is 0 Å². The van der Waals surface area contributed by atoms with Gasteiger partial charge in [-0.25, -0.2) is 9.78 Å². The molecule has 0 fully saturated rings. The van der Waals surface area contributed by atoms with E-state index in [1.807, 2.05) is 12.1 Å². The second-order valence-electron chi connectivity index (χ2n) is 4.07. The predicted octanol–water partition coefficient (Wildman–Crippen LogP) is 1.58. The Bertz CT molecular complexity index is 615. The van der Waals surface area contributed by atoms with Crippen molar-refractivity contribution in [2.75, 3.05) is 12.4 Å². The predicted molar refractivity (Wildman–Crippen MR) is 77.9 cm³/mol. The number of aromatic nitrogens is 2. The highest BCUT2D eigenvalue weighted by Crippen LogP contribution is 2.15. The van der Waals surface area contributed by atoms with Crippen LogP contribution in [-0.2, 0) is 22.5 Å². The van der Waals surface area contributed by atoms with Gasteiger partial charge < -0.3 is 10.1 Å². The van der Waals surface area contributed by atoms with Crippen LogP contribution in [0.15, 0.2) is 29.9 Å². The number of anilines is 1. The summed E-state index contributed by atoms with van der Waals surface area (Å²) in [5, 5.41) is 7.37. The zero-order valence-corrected chi connectivity index (χ0v) is 12.1. The molecule has 7 nitrogen and oxygen atoms in total. The second kappa shape index (κ2) is 7.34. The molecule has 0 atom stereocenters. The molecule has 110 valence electrons. The van der Waals surface area contributed by atoms with E-state index in [0.29, 0.717) is 17.4 Å². The van der Waals surface area contributed by atoms with Crippen LogP contribution in [0, 0.1) is 0 Å². The van der Waals surface area contributed by atoms with Crippen LogP contribution in [0.1, 0.15) is 11.3 Å². The molecule has 2 amide bonds. The highest BCUT2D eigenvalue weighted by Gasteiger charge is 2.09. The van der Waals surface area contributed by atoms with Crippen LogP contribution >= 0.6 is 11.3 Å². The monoisotopic (exact) mass is 306 g/mol. The van der Waals surface area contributed by atoms with Crippen LogP contribution in [0.4, 0.5) is 9.93 Å². The minimum atomic E-state index is -0.585. The van der Waals surface area contributed by atoms with E-state index in [1.54, 1.807) is 17.8 Å². The van der Waals surface area contributed by atoms with Gasteiger partial charge in [-0.1, -0.05) is 0 Å². The number of methoxy groups -OCH3 is 1. The van der Waals surface area contributed by atoms with Gasteiger partial charge in [0.05, 0.1) is 19.2 Å². The Balaban J connectivity index is 1.81. The molecule has 2 N–H and O–H groups in total. The van der Waals surface area contributed by atoms with E-state index in [2.05, 4.69) is 25.3 Å². The molecule has 0 saturated heterocycles. The maximum atomic E-state index is 11.8. The lowest BCUT2D eigenvalue weighted by Gasteiger charge is -2.03. The molecular formula is C13H14N4O3S. The zero-order chi connectivity index (χ0) is 15.1. The van der Waals surface area contributed by atoms with Gasteiger partial charge in [-0.2, -0.15) is 0 Å². The summed E-state index contributed by atoms with van der Waals surface area (Å²) in [6.45, 7) is 0.443.